The highest BCUT2D eigenvalue weighted by atomic mass is 32.2. The van der Waals surface area contributed by atoms with E-state index in [0.29, 0.717) is 4.75 Å². The number of hydrogen-bond donors (Lipinski definition) is 1. The molecule has 3 aromatic carbocycles. The normalized spacial score (nSPS) is 13.8. The minimum Gasteiger partial charge on any atom is -0.381 e. The molecule has 1 unspecified atom stereocenters. The van der Waals surface area contributed by atoms with E-state index in [-0.39, 0.29) is 0 Å². The summed E-state index contributed by atoms with van der Waals surface area (Å²) in [6.45, 7) is 8.64. The molecule has 0 aliphatic carbocycles. The SMILES string of the molecule is CC(C)(C)SCc1ccc(CCc2ccc(C(C)(O)c3ccccc3)cc2)cc1. The monoisotopic (exact) mass is 404 g/mol. The number of benzene rings is 3. The van der Waals surface area contributed by atoms with Crippen LogP contribution in [0.2, 0.25) is 0 Å². The number of aryl methyl sites for hydroxylation is 2. The third-order valence-electron chi connectivity index (χ3n) is 5.25. The minimum absolute atomic E-state index is 0.302. The molecule has 3 aromatic rings. The van der Waals surface area contributed by atoms with Gasteiger partial charge in [0.05, 0.1) is 0 Å². The highest BCUT2D eigenvalue weighted by Crippen LogP contribution is 2.29. The Morgan fingerprint density at radius 2 is 1.07 bits per heavy atom. The Bertz CT molecular complexity index is 888. The Morgan fingerprint density at radius 3 is 1.59 bits per heavy atom. The van der Waals surface area contributed by atoms with E-state index in [2.05, 4.69) is 69.3 Å². The average Bonchev–Trinajstić information content (AvgIpc) is 2.72. The maximum absolute atomic E-state index is 11.0. The van der Waals surface area contributed by atoms with Gasteiger partial charge in [0, 0.05) is 10.5 Å². The molecule has 0 fully saturated rings. The largest absolute Gasteiger partial charge is 0.381 e. The van der Waals surface area contributed by atoms with E-state index in [1.807, 2.05) is 49.0 Å². The molecule has 1 nitrogen and oxygen atoms in total. The third-order valence-corrected chi connectivity index (χ3v) is 6.59. The zero-order chi connectivity index (χ0) is 20.9. The van der Waals surface area contributed by atoms with E-state index in [1.54, 1.807) is 0 Å². The number of thioether (sulfide) groups is 1. The Morgan fingerprint density at radius 1 is 0.621 bits per heavy atom. The van der Waals surface area contributed by atoms with Crippen LogP contribution in [-0.4, -0.2) is 9.85 Å². The maximum atomic E-state index is 11.0. The first-order valence-corrected chi connectivity index (χ1v) is 11.3. The average molecular weight is 405 g/mol. The summed E-state index contributed by atoms with van der Waals surface area (Å²) in [5.41, 5.74) is 4.92. The molecule has 152 valence electrons. The zero-order valence-corrected chi connectivity index (χ0v) is 18.8. The van der Waals surface area contributed by atoms with Crippen LogP contribution in [0.1, 0.15) is 55.5 Å². The van der Waals surface area contributed by atoms with Crippen LogP contribution in [-0.2, 0) is 24.2 Å². The summed E-state index contributed by atoms with van der Waals surface area (Å²) >= 11 is 1.98. The van der Waals surface area contributed by atoms with Crippen LogP contribution in [0.25, 0.3) is 0 Å². The van der Waals surface area contributed by atoms with Crippen molar-refractivity contribution in [3.63, 3.8) is 0 Å². The van der Waals surface area contributed by atoms with Crippen molar-refractivity contribution in [3.8, 4) is 0 Å². The van der Waals surface area contributed by atoms with E-state index in [1.165, 1.54) is 16.7 Å². The summed E-state index contributed by atoms with van der Waals surface area (Å²) in [6, 6.07) is 27.2. The molecule has 2 heteroatoms. The fourth-order valence-electron chi connectivity index (χ4n) is 3.32. The van der Waals surface area contributed by atoms with Crippen LogP contribution < -0.4 is 0 Å². The highest BCUT2D eigenvalue weighted by molar-refractivity contribution is 7.99. The van der Waals surface area contributed by atoms with Crippen LogP contribution in [0.3, 0.4) is 0 Å². The number of hydrogen-bond acceptors (Lipinski definition) is 2. The van der Waals surface area contributed by atoms with Crippen molar-refractivity contribution in [2.24, 2.45) is 0 Å². The second-order valence-corrected chi connectivity index (χ2v) is 10.7. The zero-order valence-electron chi connectivity index (χ0n) is 18.0. The Balaban J connectivity index is 1.58. The molecular weight excluding hydrogens is 372 g/mol. The van der Waals surface area contributed by atoms with Crippen molar-refractivity contribution in [3.05, 3.63) is 107 Å². The van der Waals surface area contributed by atoms with Gasteiger partial charge in [0.2, 0.25) is 0 Å². The van der Waals surface area contributed by atoms with Gasteiger partial charge in [-0.3, -0.25) is 0 Å². The van der Waals surface area contributed by atoms with Gasteiger partial charge in [-0.25, -0.2) is 0 Å². The second kappa shape index (κ2) is 9.19. The quantitative estimate of drug-likeness (QED) is 0.469. The van der Waals surface area contributed by atoms with Crippen molar-refractivity contribution in [1.82, 2.24) is 0 Å². The minimum atomic E-state index is -0.972. The van der Waals surface area contributed by atoms with Crippen molar-refractivity contribution in [1.29, 1.82) is 0 Å². The topological polar surface area (TPSA) is 20.2 Å². The van der Waals surface area contributed by atoms with Gasteiger partial charge in [-0.2, -0.15) is 11.8 Å². The summed E-state index contributed by atoms with van der Waals surface area (Å²) in [5, 5.41) is 11.0. The molecule has 1 N–H and O–H groups in total. The van der Waals surface area contributed by atoms with Gasteiger partial charge in [-0.15, -0.1) is 0 Å². The molecule has 0 aliphatic rings. The fourth-order valence-corrected chi connectivity index (χ4v) is 4.11. The van der Waals surface area contributed by atoms with Gasteiger partial charge >= 0.3 is 0 Å². The van der Waals surface area contributed by atoms with E-state index in [0.717, 1.165) is 29.7 Å². The van der Waals surface area contributed by atoms with E-state index < -0.39 is 5.60 Å². The molecular formula is C27H32OS. The third kappa shape index (κ3) is 6.22. The molecule has 0 saturated carbocycles. The predicted octanol–water partition coefficient (Wildman–Crippen LogP) is 6.76. The Labute approximate surface area is 180 Å². The van der Waals surface area contributed by atoms with Crippen molar-refractivity contribution in [2.45, 2.75) is 56.6 Å². The van der Waals surface area contributed by atoms with E-state index >= 15 is 0 Å². The Kier molecular flexibility index (Phi) is 6.87. The first-order chi connectivity index (χ1) is 13.7. The molecule has 3 rings (SSSR count). The van der Waals surface area contributed by atoms with Gasteiger partial charge in [-0.05, 0) is 47.6 Å². The Hall–Kier alpha value is -2.03. The second-order valence-electron chi connectivity index (χ2n) is 8.85. The lowest BCUT2D eigenvalue weighted by Crippen LogP contribution is -2.22. The first kappa shape index (κ1) is 21.7. The van der Waals surface area contributed by atoms with Gasteiger partial charge in [0.1, 0.15) is 5.60 Å². The van der Waals surface area contributed by atoms with Gasteiger partial charge in [0.25, 0.3) is 0 Å². The summed E-state index contributed by atoms with van der Waals surface area (Å²) in [4.78, 5) is 0. The van der Waals surface area contributed by atoms with E-state index in [4.69, 9.17) is 0 Å². The van der Waals surface area contributed by atoms with Crippen molar-refractivity contribution in [2.75, 3.05) is 0 Å². The van der Waals surface area contributed by atoms with E-state index in [9.17, 15) is 5.11 Å². The number of rotatable bonds is 7. The van der Waals surface area contributed by atoms with Crippen LogP contribution >= 0.6 is 11.8 Å². The molecule has 0 aromatic heterocycles. The molecule has 1 atom stereocenters. The van der Waals surface area contributed by atoms with Crippen LogP contribution in [0.15, 0.2) is 78.9 Å². The molecule has 0 radical (unpaired) electrons. The highest BCUT2D eigenvalue weighted by Gasteiger charge is 2.24. The van der Waals surface area contributed by atoms with Crippen LogP contribution in [0.5, 0.6) is 0 Å². The predicted molar refractivity (Wildman–Crippen MR) is 126 cm³/mol. The van der Waals surface area contributed by atoms with Gasteiger partial charge < -0.3 is 5.11 Å². The molecule has 0 saturated heterocycles. The smallest absolute Gasteiger partial charge is 0.112 e. The lowest BCUT2D eigenvalue weighted by molar-refractivity contribution is 0.102. The maximum Gasteiger partial charge on any atom is 0.112 e. The van der Waals surface area contributed by atoms with Crippen LogP contribution in [0.4, 0.5) is 0 Å². The van der Waals surface area contributed by atoms with Gasteiger partial charge in [0.15, 0.2) is 0 Å². The summed E-state index contributed by atoms with van der Waals surface area (Å²) in [5.74, 6) is 1.06. The number of aliphatic hydroxyl groups is 1. The molecule has 29 heavy (non-hydrogen) atoms. The molecule has 0 heterocycles. The van der Waals surface area contributed by atoms with Crippen molar-refractivity contribution < 1.29 is 5.11 Å². The van der Waals surface area contributed by atoms with Crippen molar-refractivity contribution >= 4 is 11.8 Å². The fraction of sp³-hybridized carbons (Fsp3) is 0.333. The lowest BCUT2D eigenvalue weighted by Gasteiger charge is -2.24. The van der Waals surface area contributed by atoms with Crippen LogP contribution in [0, 0.1) is 0 Å². The molecule has 0 bridgehead atoms. The molecule has 0 spiro atoms. The standard InChI is InChI=1S/C27H32OS/c1-26(2,3)29-20-23-14-12-21(13-15-23)10-11-22-16-18-25(19-17-22)27(4,28)24-8-6-5-7-9-24/h5-9,12-19,28H,10-11,20H2,1-4H3. The molecule has 0 aliphatic heterocycles. The van der Waals surface area contributed by atoms with Gasteiger partial charge in [-0.1, -0.05) is 99.6 Å². The molecule has 0 amide bonds. The summed E-state index contributed by atoms with van der Waals surface area (Å²) in [7, 11) is 0. The lowest BCUT2D eigenvalue weighted by atomic mass is 9.87. The first-order valence-electron chi connectivity index (χ1n) is 10.3. The summed E-state index contributed by atoms with van der Waals surface area (Å²) in [6.07, 6.45) is 2.03. The summed E-state index contributed by atoms with van der Waals surface area (Å²) < 4.78 is 0.302.